The fourth-order valence-electron chi connectivity index (χ4n) is 4.97. The molecule has 2 amide bonds. The van der Waals surface area contributed by atoms with Crippen molar-refractivity contribution in [3.8, 4) is 5.75 Å². The zero-order chi connectivity index (χ0) is 33.4. The molecule has 0 spiro atoms. The Morgan fingerprint density at radius 3 is 1.93 bits per heavy atom. The molecule has 13 heteroatoms. The second-order valence-corrected chi connectivity index (χ2v) is 12.6. The van der Waals surface area contributed by atoms with E-state index < -0.39 is 41.5 Å². The topological polar surface area (TPSA) is 190 Å². The monoisotopic (exact) mass is 622 g/mol. The summed E-state index contributed by atoms with van der Waals surface area (Å²) in [6, 6.07) is 5.51. The first-order valence-electron chi connectivity index (χ1n) is 14.7. The molecule has 0 saturated heterocycles. The molecule has 246 valence electrons. The third-order valence-corrected chi connectivity index (χ3v) is 6.67. The molecule has 0 radical (unpaired) electrons. The van der Waals surface area contributed by atoms with Gasteiger partial charge in [0.15, 0.2) is 0 Å². The van der Waals surface area contributed by atoms with Crippen LogP contribution in [0.1, 0.15) is 67.4 Å². The van der Waals surface area contributed by atoms with Crippen molar-refractivity contribution in [1.82, 2.24) is 5.32 Å². The van der Waals surface area contributed by atoms with E-state index in [0.29, 0.717) is 30.9 Å². The maximum absolute atomic E-state index is 11.8. The van der Waals surface area contributed by atoms with Gasteiger partial charge in [0, 0.05) is 12.3 Å². The van der Waals surface area contributed by atoms with Crippen LogP contribution in [0.3, 0.4) is 0 Å². The first-order chi connectivity index (χ1) is 20.4. The van der Waals surface area contributed by atoms with Gasteiger partial charge in [-0.1, -0.05) is 12.1 Å². The Balaban J connectivity index is 0.000000338. The molecule has 44 heavy (non-hydrogen) atoms. The molecule has 0 heterocycles. The van der Waals surface area contributed by atoms with Gasteiger partial charge < -0.3 is 39.8 Å². The van der Waals surface area contributed by atoms with Gasteiger partial charge in [0.1, 0.15) is 23.0 Å². The van der Waals surface area contributed by atoms with Crippen LogP contribution in [0.15, 0.2) is 24.3 Å². The SMILES string of the molecule is CC(C)(C)OC(=O)NC(Cc1ccc(OC(=O)OC(C)(C)C)cc1)C(N)=O.CCOC(=O)C1CC(O)C2C(C(=O)OCC)C12. The fraction of sp³-hybridized carbons (Fsp3) is 0.645. The zero-order valence-corrected chi connectivity index (χ0v) is 26.7. The number of aliphatic hydroxyl groups is 1. The van der Waals surface area contributed by atoms with Gasteiger partial charge in [0.05, 0.1) is 31.2 Å². The second kappa shape index (κ2) is 15.2. The van der Waals surface area contributed by atoms with Crippen molar-refractivity contribution in [2.75, 3.05) is 13.2 Å². The summed E-state index contributed by atoms with van der Waals surface area (Å²) in [4.78, 5) is 58.4. The molecule has 4 N–H and O–H groups in total. The number of hydrogen-bond acceptors (Lipinski definition) is 11. The summed E-state index contributed by atoms with van der Waals surface area (Å²) in [5, 5.41) is 12.3. The maximum Gasteiger partial charge on any atom is 0.514 e. The number of alkyl carbamates (subject to hydrolysis) is 1. The standard InChI is InChI=1S/C19H28N2O6.C12H18O5/c1-18(2,3)26-16(23)21-14(15(20)22)11-12-7-9-13(10-8-12)25-17(24)27-19(4,5)6;1-3-16-11(14)6-5-7(13)9-8(6)10(9)12(15)17-4-2/h7-10,14H,11H2,1-6H3,(H2,20,22)(H,21,23);6-10,13H,3-5H2,1-2H3. The van der Waals surface area contributed by atoms with Gasteiger partial charge >= 0.3 is 24.2 Å². The molecular formula is C31H46N2O11. The number of carbonyl (C=O) groups excluding carboxylic acids is 5. The molecule has 13 nitrogen and oxygen atoms in total. The lowest BCUT2D eigenvalue weighted by Crippen LogP contribution is -2.47. The summed E-state index contributed by atoms with van der Waals surface area (Å²) >= 11 is 0. The lowest BCUT2D eigenvalue weighted by Gasteiger charge is -2.22. The number of primary amides is 1. The van der Waals surface area contributed by atoms with Crippen LogP contribution in [0.5, 0.6) is 5.75 Å². The lowest BCUT2D eigenvalue weighted by atomic mass is 9.99. The van der Waals surface area contributed by atoms with E-state index in [1.54, 1.807) is 79.7 Å². The number of aliphatic hydroxyl groups excluding tert-OH is 1. The number of hydrogen-bond donors (Lipinski definition) is 3. The summed E-state index contributed by atoms with van der Waals surface area (Å²) in [6.07, 6.45) is -1.54. The molecule has 2 aliphatic carbocycles. The highest BCUT2D eigenvalue weighted by Gasteiger charge is 2.68. The minimum Gasteiger partial charge on any atom is -0.466 e. The van der Waals surface area contributed by atoms with Crippen LogP contribution >= 0.6 is 0 Å². The first kappa shape index (κ1) is 36.3. The van der Waals surface area contributed by atoms with Gasteiger partial charge in [0.25, 0.3) is 0 Å². The number of ether oxygens (including phenoxy) is 5. The summed E-state index contributed by atoms with van der Waals surface area (Å²) in [5.74, 6) is -1.83. The van der Waals surface area contributed by atoms with Gasteiger partial charge in [-0.3, -0.25) is 14.4 Å². The molecule has 2 aliphatic rings. The molecule has 0 aromatic heterocycles. The van der Waals surface area contributed by atoms with Crippen LogP contribution in [-0.4, -0.2) is 71.8 Å². The highest BCUT2D eigenvalue weighted by molar-refractivity contribution is 5.84. The number of benzene rings is 1. The number of nitrogens with two attached hydrogens (primary N) is 1. The van der Waals surface area contributed by atoms with E-state index in [0.717, 1.165) is 0 Å². The minimum absolute atomic E-state index is 0.0805. The third-order valence-electron chi connectivity index (χ3n) is 6.67. The van der Waals surface area contributed by atoms with Crippen LogP contribution in [0, 0.1) is 23.7 Å². The van der Waals surface area contributed by atoms with Gasteiger partial charge in [-0.15, -0.1) is 0 Å². The van der Waals surface area contributed by atoms with E-state index in [1.165, 1.54) is 0 Å². The number of carbonyl (C=O) groups is 5. The van der Waals surface area contributed by atoms with E-state index in [1.807, 2.05) is 0 Å². The highest BCUT2D eigenvalue weighted by atomic mass is 16.7. The molecule has 1 aromatic carbocycles. The van der Waals surface area contributed by atoms with Gasteiger partial charge in [0.2, 0.25) is 5.91 Å². The van der Waals surface area contributed by atoms with E-state index in [-0.39, 0.29) is 42.0 Å². The number of amides is 2. The molecule has 2 saturated carbocycles. The smallest absolute Gasteiger partial charge is 0.466 e. The van der Waals surface area contributed by atoms with Crippen molar-refractivity contribution < 1.29 is 52.8 Å². The van der Waals surface area contributed by atoms with Gasteiger partial charge in [-0.05, 0) is 85.4 Å². The van der Waals surface area contributed by atoms with Crippen molar-refractivity contribution in [1.29, 1.82) is 0 Å². The average molecular weight is 623 g/mol. The van der Waals surface area contributed by atoms with E-state index in [4.69, 9.17) is 29.4 Å². The Morgan fingerprint density at radius 1 is 0.886 bits per heavy atom. The molecule has 1 aromatic rings. The number of esters is 2. The Bertz CT molecular complexity index is 1170. The predicted molar refractivity (Wildman–Crippen MR) is 157 cm³/mol. The van der Waals surface area contributed by atoms with Crippen LogP contribution in [0.25, 0.3) is 0 Å². The van der Waals surface area contributed by atoms with Crippen molar-refractivity contribution in [2.45, 2.75) is 91.6 Å². The zero-order valence-electron chi connectivity index (χ0n) is 26.7. The quantitative estimate of drug-likeness (QED) is 0.208. The molecule has 6 atom stereocenters. The van der Waals surface area contributed by atoms with E-state index in [2.05, 4.69) is 5.32 Å². The van der Waals surface area contributed by atoms with Gasteiger partial charge in [-0.25, -0.2) is 9.59 Å². The van der Waals surface area contributed by atoms with Crippen LogP contribution < -0.4 is 15.8 Å². The fourth-order valence-corrected chi connectivity index (χ4v) is 4.97. The minimum atomic E-state index is -0.933. The Hall–Kier alpha value is -3.87. The first-order valence-corrected chi connectivity index (χ1v) is 14.7. The number of rotatable bonds is 9. The molecule has 6 unspecified atom stereocenters. The van der Waals surface area contributed by atoms with Crippen molar-refractivity contribution in [2.24, 2.45) is 29.4 Å². The molecule has 2 fully saturated rings. The van der Waals surface area contributed by atoms with E-state index in [9.17, 15) is 29.1 Å². The van der Waals surface area contributed by atoms with Crippen molar-refractivity contribution in [3.05, 3.63) is 29.8 Å². The average Bonchev–Trinajstić information content (AvgIpc) is 3.53. The lowest BCUT2D eigenvalue weighted by molar-refractivity contribution is -0.151. The summed E-state index contributed by atoms with van der Waals surface area (Å²) < 4.78 is 25.2. The predicted octanol–water partition coefficient (Wildman–Crippen LogP) is 3.28. The van der Waals surface area contributed by atoms with Crippen LogP contribution in [-0.2, 0) is 39.8 Å². The molecule has 3 rings (SSSR count). The van der Waals surface area contributed by atoms with Crippen molar-refractivity contribution in [3.63, 3.8) is 0 Å². The Kier molecular flexibility index (Phi) is 12.6. The molecular weight excluding hydrogens is 576 g/mol. The second-order valence-electron chi connectivity index (χ2n) is 12.6. The number of nitrogens with one attached hydrogen (secondary N) is 1. The molecule has 0 bridgehead atoms. The third kappa shape index (κ3) is 11.3. The maximum atomic E-state index is 11.8. The number of fused-ring (bicyclic) bond motifs is 1. The summed E-state index contributed by atoms with van der Waals surface area (Å²) in [7, 11) is 0. The van der Waals surface area contributed by atoms with Crippen LogP contribution in [0.4, 0.5) is 9.59 Å². The summed E-state index contributed by atoms with van der Waals surface area (Å²) in [5.41, 5.74) is 4.73. The highest BCUT2D eigenvalue weighted by Crippen LogP contribution is 2.61. The molecule has 0 aliphatic heterocycles. The largest absolute Gasteiger partial charge is 0.514 e. The van der Waals surface area contributed by atoms with E-state index >= 15 is 0 Å². The Labute approximate surface area is 258 Å². The normalized spacial score (nSPS) is 22.6. The van der Waals surface area contributed by atoms with Gasteiger partial charge in [-0.2, -0.15) is 0 Å². The van der Waals surface area contributed by atoms with Crippen LogP contribution in [0.2, 0.25) is 0 Å². The van der Waals surface area contributed by atoms with Crippen molar-refractivity contribution >= 4 is 30.1 Å². The Morgan fingerprint density at radius 2 is 1.43 bits per heavy atom. The summed E-state index contributed by atoms with van der Waals surface area (Å²) in [6.45, 7) is 14.5.